The molecule has 3 nitrogen and oxygen atoms in total. The molecule has 2 aromatic carbocycles. The van der Waals surface area contributed by atoms with Crippen molar-refractivity contribution >= 4 is 81.8 Å². The standard InChI is InChI=1S/C19H11Cl6N3/c20-18(21,22)16-26-15(27-17(28-16)19(23,24)25)14-9-5-4-8-13(14)11-10-12-6-2-1-3-7-12/h1-11H. The summed E-state index contributed by atoms with van der Waals surface area (Å²) in [5, 5.41) is 0. The first kappa shape index (κ1) is 21.6. The van der Waals surface area contributed by atoms with Crippen molar-refractivity contribution in [2.45, 2.75) is 7.59 Å². The van der Waals surface area contributed by atoms with Crippen LogP contribution >= 0.6 is 69.6 Å². The largest absolute Gasteiger partial charge is 0.250 e. The molecule has 144 valence electrons. The molecule has 0 aliphatic carbocycles. The molecular weight excluding hydrogens is 483 g/mol. The average Bonchev–Trinajstić information content (AvgIpc) is 2.66. The normalized spacial score (nSPS) is 12.5. The Bertz CT molecular complexity index is 962. The Balaban J connectivity index is 2.12. The van der Waals surface area contributed by atoms with Gasteiger partial charge in [-0.05, 0) is 11.1 Å². The first-order valence-corrected chi connectivity index (χ1v) is 10.1. The minimum Gasteiger partial charge on any atom is -0.209 e. The van der Waals surface area contributed by atoms with Crippen LogP contribution in [0.25, 0.3) is 23.5 Å². The van der Waals surface area contributed by atoms with Gasteiger partial charge < -0.3 is 0 Å². The van der Waals surface area contributed by atoms with E-state index in [0.29, 0.717) is 5.56 Å². The fourth-order valence-corrected chi connectivity index (χ4v) is 2.85. The zero-order valence-corrected chi connectivity index (χ0v) is 18.5. The Morgan fingerprint density at radius 2 is 1.14 bits per heavy atom. The van der Waals surface area contributed by atoms with Gasteiger partial charge in [0.1, 0.15) is 0 Å². The van der Waals surface area contributed by atoms with Gasteiger partial charge in [-0.2, -0.15) is 0 Å². The first-order valence-electron chi connectivity index (χ1n) is 7.87. The Labute approximate surface area is 192 Å². The molecule has 1 heterocycles. The van der Waals surface area contributed by atoms with Crippen molar-refractivity contribution in [1.29, 1.82) is 0 Å². The van der Waals surface area contributed by atoms with Crippen LogP contribution in [0.5, 0.6) is 0 Å². The third kappa shape index (κ3) is 5.50. The summed E-state index contributed by atoms with van der Waals surface area (Å²) < 4.78 is -3.81. The summed E-state index contributed by atoms with van der Waals surface area (Å²) in [6, 6.07) is 17.3. The third-order valence-corrected chi connectivity index (χ3v) is 4.61. The molecule has 0 radical (unpaired) electrons. The zero-order valence-electron chi connectivity index (χ0n) is 14.0. The van der Waals surface area contributed by atoms with E-state index in [1.807, 2.05) is 66.7 Å². The van der Waals surface area contributed by atoms with Gasteiger partial charge in [-0.15, -0.1) is 0 Å². The lowest BCUT2D eigenvalue weighted by molar-refractivity contribution is 0.851. The third-order valence-electron chi connectivity index (χ3n) is 3.60. The molecule has 0 N–H and O–H groups in total. The Morgan fingerprint density at radius 3 is 1.71 bits per heavy atom. The molecule has 0 fully saturated rings. The van der Waals surface area contributed by atoms with Crippen LogP contribution in [0, 0.1) is 0 Å². The molecule has 0 bridgehead atoms. The molecule has 1 aromatic heterocycles. The maximum atomic E-state index is 5.96. The number of nitrogens with zero attached hydrogens (tertiary/aromatic N) is 3. The molecule has 9 heteroatoms. The van der Waals surface area contributed by atoms with Crippen LogP contribution in [0.2, 0.25) is 0 Å². The van der Waals surface area contributed by atoms with E-state index in [0.717, 1.165) is 11.1 Å². The van der Waals surface area contributed by atoms with E-state index in [2.05, 4.69) is 15.0 Å². The van der Waals surface area contributed by atoms with Crippen molar-refractivity contribution < 1.29 is 0 Å². The number of hydrogen-bond donors (Lipinski definition) is 0. The van der Waals surface area contributed by atoms with Gasteiger partial charge in [0.25, 0.3) is 0 Å². The van der Waals surface area contributed by atoms with Gasteiger partial charge in [0.05, 0.1) is 0 Å². The molecule has 3 aromatic rings. The monoisotopic (exact) mass is 491 g/mol. The average molecular weight is 494 g/mol. The van der Waals surface area contributed by atoms with Crippen molar-refractivity contribution in [3.8, 4) is 11.4 Å². The molecule has 0 atom stereocenters. The summed E-state index contributed by atoms with van der Waals surface area (Å²) in [5.74, 6) is -0.0395. The number of rotatable bonds is 3. The van der Waals surface area contributed by atoms with Crippen LogP contribution in [-0.2, 0) is 7.59 Å². The molecule has 0 amide bonds. The van der Waals surface area contributed by atoms with Crippen LogP contribution in [-0.4, -0.2) is 15.0 Å². The molecule has 0 aliphatic heterocycles. The smallest absolute Gasteiger partial charge is 0.209 e. The van der Waals surface area contributed by atoms with Gasteiger partial charge in [-0.3, -0.25) is 0 Å². The van der Waals surface area contributed by atoms with Gasteiger partial charge in [0, 0.05) is 5.56 Å². The number of alkyl halides is 6. The van der Waals surface area contributed by atoms with Gasteiger partial charge in [-0.1, -0.05) is 136 Å². The highest BCUT2D eigenvalue weighted by atomic mass is 35.6. The second-order valence-corrected chi connectivity index (χ2v) is 10.2. The summed E-state index contributed by atoms with van der Waals surface area (Å²) in [5.41, 5.74) is 2.54. The SMILES string of the molecule is ClC(Cl)(Cl)c1nc(-c2ccccc2C=Cc2ccccc2)nc(C(Cl)(Cl)Cl)n1. The molecule has 0 unspecified atom stereocenters. The summed E-state index contributed by atoms with van der Waals surface area (Å²) in [6.07, 6.45) is 3.89. The van der Waals surface area contributed by atoms with E-state index in [4.69, 9.17) is 69.6 Å². The predicted octanol–water partition coefficient (Wildman–Crippen LogP) is 7.36. The Hall–Kier alpha value is -1.07. The highest BCUT2D eigenvalue weighted by Gasteiger charge is 2.34. The van der Waals surface area contributed by atoms with Gasteiger partial charge in [0.2, 0.25) is 7.59 Å². The van der Waals surface area contributed by atoms with Crippen molar-refractivity contribution in [1.82, 2.24) is 15.0 Å². The Kier molecular flexibility index (Phi) is 6.76. The van der Waals surface area contributed by atoms with Crippen molar-refractivity contribution in [3.63, 3.8) is 0 Å². The van der Waals surface area contributed by atoms with E-state index >= 15 is 0 Å². The second-order valence-electron chi connectivity index (χ2n) is 5.63. The quantitative estimate of drug-likeness (QED) is 0.282. The maximum absolute atomic E-state index is 5.96. The minimum absolute atomic E-state index is 0.134. The van der Waals surface area contributed by atoms with E-state index in [1.165, 1.54) is 0 Å². The van der Waals surface area contributed by atoms with E-state index < -0.39 is 7.59 Å². The first-order chi connectivity index (χ1) is 13.1. The summed E-state index contributed by atoms with van der Waals surface area (Å²) in [4.78, 5) is 12.5. The van der Waals surface area contributed by atoms with Gasteiger partial charge in [0.15, 0.2) is 17.5 Å². The van der Waals surface area contributed by atoms with E-state index in [9.17, 15) is 0 Å². The fourth-order valence-electron chi connectivity index (χ4n) is 2.35. The van der Waals surface area contributed by atoms with Crippen LogP contribution in [0.15, 0.2) is 54.6 Å². The van der Waals surface area contributed by atoms with E-state index in [-0.39, 0.29) is 17.5 Å². The van der Waals surface area contributed by atoms with Crippen LogP contribution in [0.1, 0.15) is 22.8 Å². The highest BCUT2D eigenvalue weighted by Crippen LogP contribution is 2.41. The molecular formula is C19H11Cl6N3. The lowest BCUT2D eigenvalue weighted by atomic mass is 10.1. The van der Waals surface area contributed by atoms with Crippen molar-refractivity contribution in [3.05, 3.63) is 77.4 Å². The topological polar surface area (TPSA) is 38.7 Å². The predicted molar refractivity (Wildman–Crippen MR) is 119 cm³/mol. The summed E-state index contributed by atoms with van der Waals surface area (Å²) in [6.45, 7) is 0. The van der Waals surface area contributed by atoms with E-state index in [1.54, 1.807) is 0 Å². The lowest BCUT2D eigenvalue weighted by Gasteiger charge is -2.16. The highest BCUT2D eigenvalue weighted by molar-refractivity contribution is 6.67. The number of hydrogen-bond acceptors (Lipinski definition) is 3. The fraction of sp³-hybridized carbons (Fsp3) is 0.105. The van der Waals surface area contributed by atoms with Gasteiger partial charge >= 0.3 is 0 Å². The van der Waals surface area contributed by atoms with Gasteiger partial charge in [-0.25, -0.2) is 15.0 Å². The molecule has 0 aliphatic rings. The van der Waals surface area contributed by atoms with Crippen molar-refractivity contribution in [2.75, 3.05) is 0 Å². The molecule has 28 heavy (non-hydrogen) atoms. The van der Waals surface area contributed by atoms with Crippen molar-refractivity contribution in [2.24, 2.45) is 0 Å². The summed E-state index contributed by atoms with van der Waals surface area (Å²) in [7, 11) is 0. The number of halogens is 6. The zero-order chi connectivity index (χ0) is 20.4. The number of aromatic nitrogens is 3. The molecule has 3 rings (SSSR count). The molecule has 0 spiro atoms. The maximum Gasteiger partial charge on any atom is 0.250 e. The lowest BCUT2D eigenvalue weighted by Crippen LogP contribution is -2.17. The second kappa shape index (κ2) is 8.74. The molecule has 0 saturated heterocycles. The van der Waals surface area contributed by atoms with Crippen LogP contribution < -0.4 is 0 Å². The molecule has 0 saturated carbocycles. The minimum atomic E-state index is -1.91. The summed E-state index contributed by atoms with van der Waals surface area (Å²) >= 11 is 35.7. The number of benzene rings is 2. The van der Waals surface area contributed by atoms with Crippen LogP contribution in [0.4, 0.5) is 0 Å². The van der Waals surface area contributed by atoms with Crippen LogP contribution in [0.3, 0.4) is 0 Å². The Morgan fingerprint density at radius 1 is 0.607 bits per heavy atom.